The van der Waals surface area contributed by atoms with Crippen molar-refractivity contribution in [3.8, 4) is 0 Å². The van der Waals surface area contributed by atoms with Crippen LogP contribution in [0.2, 0.25) is 0 Å². The largest absolute Gasteiger partial charge is 0.298 e. The third-order valence-electron chi connectivity index (χ3n) is 3.66. The first kappa shape index (κ1) is 15.4. The van der Waals surface area contributed by atoms with Gasteiger partial charge in [-0.2, -0.15) is 0 Å². The smallest absolute Gasteiger partial charge is 0.273 e. The highest BCUT2D eigenvalue weighted by Crippen LogP contribution is 2.37. The summed E-state index contributed by atoms with van der Waals surface area (Å²) in [6.45, 7) is 2.20. The van der Waals surface area contributed by atoms with Crippen LogP contribution in [0.4, 0.5) is 0 Å². The predicted octanol–water partition coefficient (Wildman–Crippen LogP) is 2.16. The van der Waals surface area contributed by atoms with Crippen LogP contribution in [0.15, 0.2) is 5.16 Å². The van der Waals surface area contributed by atoms with E-state index < -0.39 is 10.0 Å². The second-order valence-electron chi connectivity index (χ2n) is 5.56. The Labute approximate surface area is 120 Å². The van der Waals surface area contributed by atoms with Gasteiger partial charge >= 0.3 is 0 Å². The molecule has 0 aromatic carbocycles. The van der Waals surface area contributed by atoms with Gasteiger partial charge in [0.05, 0.1) is 0 Å². The predicted molar refractivity (Wildman–Crippen MR) is 76.7 cm³/mol. The highest BCUT2D eigenvalue weighted by Gasteiger charge is 2.32. The monoisotopic (exact) mass is 300 g/mol. The molecule has 1 aromatic heterocycles. The van der Waals surface area contributed by atoms with E-state index in [1.54, 1.807) is 4.57 Å². The van der Waals surface area contributed by atoms with Crippen molar-refractivity contribution in [2.45, 2.75) is 75.9 Å². The number of nitrogens with two attached hydrogens (primary N) is 1. The molecule has 1 aliphatic carbocycles. The van der Waals surface area contributed by atoms with Crippen LogP contribution in [0, 0.1) is 0 Å². The molecule has 0 amide bonds. The minimum Gasteiger partial charge on any atom is -0.298 e. The number of aromatic nitrogens is 3. The van der Waals surface area contributed by atoms with Gasteiger partial charge in [-0.15, -0.1) is 10.2 Å². The van der Waals surface area contributed by atoms with Crippen LogP contribution < -0.4 is 5.14 Å². The molecule has 0 bridgehead atoms. The van der Waals surface area contributed by atoms with Gasteiger partial charge in [-0.25, -0.2) is 13.6 Å². The van der Waals surface area contributed by atoms with Crippen LogP contribution in [-0.4, -0.2) is 23.2 Å². The molecule has 1 fully saturated rings. The molecule has 0 atom stereocenters. The third-order valence-corrected chi connectivity index (χ3v) is 4.44. The summed E-state index contributed by atoms with van der Waals surface area (Å²) >= 11 is 0. The highest BCUT2D eigenvalue weighted by atomic mass is 32.2. The zero-order chi connectivity index (χ0) is 14.6. The molecule has 2 N–H and O–H groups in total. The molecular weight excluding hydrogens is 276 g/mol. The molecule has 6 nitrogen and oxygen atoms in total. The summed E-state index contributed by atoms with van der Waals surface area (Å²) in [5.74, 6) is 0.770. The molecule has 1 heterocycles. The molecule has 0 unspecified atom stereocenters. The van der Waals surface area contributed by atoms with E-state index in [0.29, 0.717) is 0 Å². The number of aryl methyl sites for hydroxylation is 1. The van der Waals surface area contributed by atoms with Gasteiger partial charge in [0.15, 0.2) is 0 Å². The van der Waals surface area contributed by atoms with Crippen molar-refractivity contribution >= 4 is 10.0 Å². The van der Waals surface area contributed by atoms with Crippen molar-refractivity contribution in [1.82, 2.24) is 14.8 Å². The second-order valence-corrected chi connectivity index (χ2v) is 7.02. The van der Waals surface area contributed by atoms with E-state index in [2.05, 4.69) is 17.1 Å². The van der Waals surface area contributed by atoms with Crippen LogP contribution in [0.5, 0.6) is 0 Å². The van der Waals surface area contributed by atoms with Gasteiger partial charge in [-0.3, -0.25) is 4.57 Å². The number of hydrogen-bond donors (Lipinski definition) is 1. The number of nitrogens with zero attached hydrogens (tertiary/aromatic N) is 3. The first-order valence-corrected chi connectivity index (χ1v) is 9.05. The van der Waals surface area contributed by atoms with E-state index >= 15 is 0 Å². The maximum atomic E-state index is 11.5. The molecule has 7 heteroatoms. The third kappa shape index (κ3) is 4.02. The quantitative estimate of drug-likeness (QED) is 0.707. The lowest BCUT2D eigenvalue weighted by molar-refractivity contribution is 0.548. The van der Waals surface area contributed by atoms with Gasteiger partial charge < -0.3 is 0 Å². The fraction of sp³-hybridized carbons (Fsp3) is 0.846. The van der Waals surface area contributed by atoms with E-state index in [0.717, 1.165) is 37.9 Å². The molecular formula is C13H24N4O2S. The van der Waals surface area contributed by atoms with E-state index in [-0.39, 0.29) is 11.2 Å². The zero-order valence-corrected chi connectivity index (χ0v) is 12.9. The Morgan fingerprint density at radius 1 is 1.15 bits per heavy atom. The first-order chi connectivity index (χ1) is 9.54. The SMILES string of the molecule is CCCCCCCCc1nnc(S(N)(=O)=O)n1C1CC1. The summed E-state index contributed by atoms with van der Waals surface area (Å²) < 4.78 is 24.7. The molecule has 1 aliphatic rings. The lowest BCUT2D eigenvalue weighted by Crippen LogP contribution is -2.19. The average molecular weight is 300 g/mol. The Hall–Kier alpha value is -0.950. The lowest BCUT2D eigenvalue weighted by atomic mass is 10.1. The topological polar surface area (TPSA) is 90.9 Å². The van der Waals surface area contributed by atoms with Crippen molar-refractivity contribution in [2.75, 3.05) is 0 Å². The van der Waals surface area contributed by atoms with Crippen LogP contribution in [0.1, 0.15) is 70.2 Å². The average Bonchev–Trinajstić information content (AvgIpc) is 3.12. The number of sulfonamides is 1. The van der Waals surface area contributed by atoms with Crippen LogP contribution in [0.3, 0.4) is 0 Å². The molecule has 20 heavy (non-hydrogen) atoms. The van der Waals surface area contributed by atoms with Crippen molar-refractivity contribution in [2.24, 2.45) is 5.14 Å². The van der Waals surface area contributed by atoms with Crippen LogP contribution >= 0.6 is 0 Å². The summed E-state index contributed by atoms with van der Waals surface area (Å²) in [7, 11) is -3.77. The summed E-state index contributed by atoms with van der Waals surface area (Å²) in [6.07, 6.45) is 9.98. The summed E-state index contributed by atoms with van der Waals surface area (Å²) in [5, 5.41) is 12.9. The molecule has 1 aromatic rings. The molecule has 0 spiro atoms. The van der Waals surface area contributed by atoms with Gasteiger partial charge in [0.25, 0.3) is 15.2 Å². The molecule has 0 radical (unpaired) electrons. The molecule has 0 aliphatic heterocycles. The first-order valence-electron chi connectivity index (χ1n) is 7.50. The molecule has 0 saturated heterocycles. The Kier molecular flexibility index (Phi) is 5.15. The highest BCUT2D eigenvalue weighted by molar-refractivity contribution is 7.89. The molecule has 114 valence electrons. The summed E-state index contributed by atoms with van der Waals surface area (Å²) in [5.41, 5.74) is 0. The fourth-order valence-electron chi connectivity index (χ4n) is 2.43. The lowest BCUT2D eigenvalue weighted by Gasteiger charge is -2.07. The van der Waals surface area contributed by atoms with Crippen LogP contribution in [0.25, 0.3) is 0 Å². The normalized spacial score (nSPS) is 15.7. The molecule has 2 rings (SSSR count). The Bertz CT molecular complexity index is 535. The number of primary sulfonamides is 1. The minimum absolute atomic E-state index is 0.0685. The van der Waals surface area contributed by atoms with Gasteiger partial charge in [-0.1, -0.05) is 39.0 Å². The fourth-order valence-corrected chi connectivity index (χ4v) is 3.12. The number of hydrogen-bond acceptors (Lipinski definition) is 4. The van der Waals surface area contributed by atoms with Gasteiger partial charge in [0.1, 0.15) is 5.82 Å². The maximum Gasteiger partial charge on any atom is 0.273 e. The van der Waals surface area contributed by atoms with Gasteiger partial charge in [0.2, 0.25) is 0 Å². The van der Waals surface area contributed by atoms with Gasteiger partial charge in [-0.05, 0) is 19.3 Å². The van der Waals surface area contributed by atoms with Crippen molar-refractivity contribution in [3.63, 3.8) is 0 Å². The number of unbranched alkanes of at least 4 members (excludes halogenated alkanes) is 5. The Morgan fingerprint density at radius 3 is 2.40 bits per heavy atom. The maximum absolute atomic E-state index is 11.5. The van der Waals surface area contributed by atoms with E-state index in [9.17, 15) is 8.42 Å². The van der Waals surface area contributed by atoms with Crippen molar-refractivity contribution in [1.29, 1.82) is 0 Å². The minimum atomic E-state index is -3.77. The van der Waals surface area contributed by atoms with Crippen LogP contribution in [-0.2, 0) is 16.4 Å². The standard InChI is InChI=1S/C13H24N4O2S/c1-2-3-4-5-6-7-8-12-15-16-13(20(14,18)19)17(12)11-9-10-11/h11H,2-10H2,1H3,(H2,14,18,19). The van der Waals surface area contributed by atoms with Crippen molar-refractivity contribution < 1.29 is 8.42 Å². The van der Waals surface area contributed by atoms with Crippen molar-refractivity contribution in [3.05, 3.63) is 5.82 Å². The zero-order valence-electron chi connectivity index (χ0n) is 12.1. The second kappa shape index (κ2) is 6.67. The van der Waals surface area contributed by atoms with E-state index in [4.69, 9.17) is 5.14 Å². The van der Waals surface area contributed by atoms with Gasteiger partial charge in [0, 0.05) is 12.5 Å². The Balaban J connectivity index is 1.93. The summed E-state index contributed by atoms with van der Waals surface area (Å²) in [6, 6.07) is 0.230. The Morgan fingerprint density at radius 2 is 1.80 bits per heavy atom. The molecule has 1 saturated carbocycles. The van der Waals surface area contributed by atoms with E-state index in [1.807, 2.05) is 0 Å². The number of rotatable bonds is 9. The van der Waals surface area contributed by atoms with E-state index in [1.165, 1.54) is 25.7 Å². The summed E-state index contributed by atoms with van der Waals surface area (Å²) in [4.78, 5) is 0.